The lowest BCUT2D eigenvalue weighted by Crippen LogP contribution is -2.51. The second-order valence-corrected chi connectivity index (χ2v) is 6.62. The van der Waals surface area contributed by atoms with Gasteiger partial charge in [0.2, 0.25) is 5.72 Å². The van der Waals surface area contributed by atoms with E-state index in [0.717, 1.165) is 11.3 Å². The zero-order valence-electron chi connectivity index (χ0n) is 11.7. The lowest BCUT2D eigenvalue weighted by Gasteiger charge is -2.29. The van der Waals surface area contributed by atoms with E-state index in [4.69, 9.17) is 11.6 Å². The molecule has 4 nitrogen and oxygen atoms in total. The maximum atomic E-state index is 13.3. The number of carbonyl (C=O) groups excluding carboxylic acids is 1. The highest BCUT2D eigenvalue weighted by Gasteiger charge is 2.51. The number of nitrogens with zero attached hydrogens (tertiary/aromatic N) is 2. The van der Waals surface area contributed by atoms with E-state index in [9.17, 15) is 23.1 Å². The molecule has 1 N–H and O–H groups in total. The van der Waals surface area contributed by atoms with Gasteiger partial charge in [0.25, 0.3) is 12.3 Å². The predicted octanol–water partition coefficient (Wildman–Crippen LogP) is 3.87. The Labute approximate surface area is 137 Å². The Kier molecular flexibility index (Phi) is 3.86. The average molecular weight is 363 g/mol. The molecule has 1 aromatic heterocycles. The summed E-state index contributed by atoms with van der Waals surface area (Å²) in [6.07, 6.45) is -3.65. The second-order valence-electron chi connectivity index (χ2n) is 5.19. The smallest absolute Gasteiger partial charge is 0.288 e. The van der Waals surface area contributed by atoms with Gasteiger partial charge >= 0.3 is 0 Å². The van der Waals surface area contributed by atoms with Gasteiger partial charge < -0.3 is 5.11 Å². The topological polar surface area (TPSA) is 52.9 Å². The van der Waals surface area contributed by atoms with Crippen molar-refractivity contribution in [3.8, 4) is 0 Å². The van der Waals surface area contributed by atoms with Crippen LogP contribution in [0.25, 0.3) is 10.1 Å². The number of rotatable bonds is 2. The standard InChI is InChI=1S/C14H10ClF3N2O2S/c1-6-5-14(22,13(17)18)20(19-6)12(21)11-10(15)8-3-2-7(16)4-9(8)23-11/h2-4,13,22H,5H2,1H3. The van der Waals surface area contributed by atoms with Crippen LogP contribution in [0.1, 0.15) is 23.0 Å². The second kappa shape index (κ2) is 5.47. The predicted molar refractivity (Wildman–Crippen MR) is 81.6 cm³/mol. The molecule has 1 amide bonds. The first kappa shape index (κ1) is 16.2. The third-order valence-electron chi connectivity index (χ3n) is 3.48. The lowest BCUT2D eigenvalue weighted by molar-refractivity contribution is -0.164. The van der Waals surface area contributed by atoms with Crippen LogP contribution >= 0.6 is 22.9 Å². The zero-order chi connectivity index (χ0) is 16.9. The van der Waals surface area contributed by atoms with Crippen molar-refractivity contribution in [1.29, 1.82) is 0 Å². The molecule has 3 rings (SSSR count). The lowest BCUT2D eigenvalue weighted by atomic mass is 10.1. The number of benzene rings is 1. The number of fused-ring (bicyclic) bond motifs is 1. The first-order valence-corrected chi connectivity index (χ1v) is 7.70. The van der Waals surface area contributed by atoms with Crippen LogP contribution in [0.3, 0.4) is 0 Å². The van der Waals surface area contributed by atoms with Crippen LogP contribution < -0.4 is 0 Å². The molecule has 0 spiro atoms. The normalized spacial score (nSPS) is 21.3. The van der Waals surface area contributed by atoms with Crippen molar-refractivity contribution >= 4 is 44.6 Å². The third-order valence-corrected chi connectivity index (χ3v) is 5.13. The molecule has 0 aliphatic carbocycles. The van der Waals surface area contributed by atoms with Gasteiger partial charge in [-0.1, -0.05) is 11.6 Å². The van der Waals surface area contributed by atoms with Gasteiger partial charge in [0.05, 0.1) is 5.02 Å². The Bertz CT molecular complexity index is 839. The van der Waals surface area contributed by atoms with Gasteiger partial charge in [0.15, 0.2) is 0 Å². The summed E-state index contributed by atoms with van der Waals surface area (Å²) in [4.78, 5) is 12.5. The largest absolute Gasteiger partial charge is 0.364 e. The minimum Gasteiger partial charge on any atom is -0.364 e. The molecule has 0 saturated carbocycles. The number of hydrogen-bond acceptors (Lipinski definition) is 4. The van der Waals surface area contributed by atoms with Gasteiger partial charge in [-0.15, -0.1) is 11.3 Å². The van der Waals surface area contributed by atoms with Gasteiger partial charge in [-0.05, 0) is 25.1 Å². The summed E-state index contributed by atoms with van der Waals surface area (Å²) in [5.41, 5.74) is -2.50. The zero-order valence-corrected chi connectivity index (χ0v) is 13.3. The first-order valence-electron chi connectivity index (χ1n) is 6.51. The quantitative estimate of drug-likeness (QED) is 0.881. The van der Waals surface area contributed by atoms with Crippen molar-refractivity contribution < 1.29 is 23.1 Å². The highest BCUT2D eigenvalue weighted by molar-refractivity contribution is 7.21. The highest BCUT2D eigenvalue weighted by Crippen LogP contribution is 2.39. The average Bonchev–Trinajstić information content (AvgIpc) is 2.96. The van der Waals surface area contributed by atoms with Gasteiger partial charge in [0.1, 0.15) is 10.7 Å². The van der Waals surface area contributed by atoms with Crippen molar-refractivity contribution in [3.05, 3.63) is 33.9 Å². The van der Waals surface area contributed by atoms with Gasteiger partial charge in [-0.3, -0.25) is 4.79 Å². The Morgan fingerprint density at radius 1 is 1.52 bits per heavy atom. The number of amides is 1. The van der Waals surface area contributed by atoms with E-state index in [1.807, 2.05) is 0 Å². The molecule has 1 aliphatic rings. The van der Waals surface area contributed by atoms with Gasteiger partial charge in [-0.25, -0.2) is 13.2 Å². The van der Waals surface area contributed by atoms with Gasteiger partial charge in [0, 0.05) is 22.2 Å². The molecule has 23 heavy (non-hydrogen) atoms. The van der Waals surface area contributed by atoms with Crippen molar-refractivity contribution in [2.75, 3.05) is 0 Å². The fraction of sp³-hybridized carbons (Fsp3) is 0.286. The Hall–Kier alpha value is -1.64. The third kappa shape index (κ3) is 2.50. The summed E-state index contributed by atoms with van der Waals surface area (Å²) in [6, 6.07) is 3.78. The summed E-state index contributed by atoms with van der Waals surface area (Å²) in [7, 11) is 0. The molecule has 0 radical (unpaired) electrons. The summed E-state index contributed by atoms with van der Waals surface area (Å²) in [5, 5.41) is 14.6. The summed E-state index contributed by atoms with van der Waals surface area (Å²) >= 11 is 6.97. The van der Waals surface area contributed by atoms with Crippen LogP contribution in [0.4, 0.5) is 13.2 Å². The molecule has 0 fully saturated rings. The summed E-state index contributed by atoms with van der Waals surface area (Å²) in [5.74, 6) is -1.45. The van der Waals surface area contributed by atoms with Crippen molar-refractivity contribution in [1.82, 2.24) is 5.01 Å². The fourth-order valence-corrected chi connectivity index (χ4v) is 3.87. The molecule has 0 saturated heterocycles. The summed E-state index contributed by atoms with van der Waals surface area (Å²) in [6.45, 7) is 1.43. The maximum absolute atomic E-state index is 13.3. The number of hydrogen-bond donors (Lipinski definition) is 1. The number of hydrazone groups is 1. The minimum absolute atomic E-state index is 0.0198. The molecule has 1 aromatic carbocycles. The fourth-order valence-electron chi connectivity index (χ4n) is 2.41. The molecule has 1 aliphatic heterocycles. The van der Waals surface area contributed by atoms with E-state index in [2.05, 4.69) is 5.10 Å². The van der Waals surface area contributed by atoms with E-state index in [-0.39, 0.29) is 15.6 Å². The molecular formula is C14H10ClF3N2O2S. The van der Waals surface area contributed by atoms with Crippen LogP contribution in [-0.2, 0) is 0 Å². The molecule has 0 bridgehead atoms. The molecule has 2 aromatic rings. The van der Waals surface area contributed by atoms with Crippen LogP contribution in [0.5, 0.6) is 0 Å². The van der Waals surface area contributed by atoms with Crippen molar-refractivity contribution in [2.45, 2.75) is 25.5 Å². The molecule has 1 atom stereocenters. The molecule has 2 heterocycles. The van der Waals surface area contributed by atoms with Crippen molar-refractivity contribution in [3.63, 3.8) is 0 Å². The van der Waals surface area contributed by atoms with Gasteiger partial charge in [-0.2, -0.15) is 10.1 Å². The number of thiophene rings is 1. The van der Waals surface area contributed by atoms with Crippen LogP contribution in [-0.4, -0.2) is 33.9 Å². The molecule has 9 heteroatoms. The summed E-state index contributed by atoms with van der Waals surface area (Å²) < 4.78 is 40.0. The monoisotopic (exact) mass is 362 g/mol. The van der Waals surface area contributed by atoms with Crippen LogP contribution in [0, 0.1) is 5.82 Å². The van der Waals surface area contributed by atoms with E-state index < -0.39 is 30.3 Å². The Balaban J connectivity index is 2.08. The Morgan fingerprint density at radius 3 is 2.87 bits per heavy atom. The first-order chi connectivity index (χ1) is 10.7. The van der Waals surface area contributed by atoms with Crippen LogP contribution in [0.2, 0.25) is 5.02 Å². The van der Waals surface area contributed by atoms with Crippen LogP contribution in [0.15, 0.2) is 23.3 Å². The Morgan fingerprint density at radius 2 is 2.22 bits per heavy atom. The SMILES string of the molecule is CC1=NN(C(=O)c2sc3cc(F)ccc3c2Cl)C(O)(C(F)F)C1. The minimum atomic E-state index is -3.20. The maximum Gasteiger partial charge on any atom is 0.288 e. The number of carbonyl (C=O) groups is 1. The number of aliphatic hydroxyl groups is 1. The molecule has 1 unspecified atom stereocenters. The van der Waals surface area contributed by atoms with E-state index in [1.54, 1.807) is 0 Å². The molecule has 122 valence electrons. The van der Waals surface area contributed by atoms with E-state index >= 15 is 0 Å². The number of alkyl halides is 2. The highest BCUT2D eigenvalue weighted by atomic mass is 35.5. The van der Waals surface area contributed by atoms with E-state index in [0.29, 0.717) is 15.1 Å². The number of halogens is 4. The molecular weight excluding hydrogens is 353 g/mol. The van der Waals surface area contributed by atoms with E-state index in [1.165, 1.54) is 25.1 Å². The van der Waals surface area contributed by atoms with Crippen molar-refractivity contribution in [2.24, 2.45) is 5.10 Å².